The molecule has 1 N–H and O–H groups in total. The Labute approximate surface area is 160 Å². The van der Waals surface area contributed by atoms with Gasteiger partial charge in [0.25, 0.3) is 0 Å². The lowest BCUT2D eigenvalue weighted by Crippen LogP contribution is -2.45. The van der Waals surface area contributed by atoms with Crippen LogP contribution >= 0.6 is 7.60 Å². The number of hydrogen-bond donors (Lipinski definition) is 1. The first-order chi connectivity index (χ1) is 12.5. The third-order valence-electron chi connectivity index (χ3n) is 3.24. The highest BCUT2D eigenvalue weighted by Gasteiger charge is 2.26. The smallest absolute Gasteiger partial charge is 0.408 e. The molecule has 8 nitrogen and oxygen atoms in total. The molecule has 0 bridgehead atoms. The van der Waals surface area contributed by atoms with Crippen LogP contribution in [-0.4, -0.2) is 50.7 Å². The summed E-state index contributed by atoms with van der Waals surface area (Å²) >= 11 is 0. The molecule has 152 valence electrons. The highest BCUT2D eigenvalue weighted by Crippen LogP contribution is 2.42. The first-order valence-electron chi connectivity index (χ1n) is 8.50. The summed E-state index contributed by atoms with van der Waals surface area (Å²) in [6.07, 6.45) is -0.474. The van der Waals surface area contributed by atoms with Crippen LogP contribution in [0.5, 0.6) is 0 Å². The molecule has 1 aromatic rings. The van der Waals surface area contributed by atoms with Crippen LogP contribution in [0.2, 0.25) is 0 Å². The summed E-state index contributed by atoms with van der Waals surface area (Å²) in [7, 11) is -1.87. The van der Waals surface area contributed by atoms with Gasteiger partial charge >= 0.3 is 19.7 Å². The number of benzene rings is 1. The number of ether oxygens (including phenoxy) is 2. The fourth-order valence-electron chi connectivity index (χ4n) is 1.99. The number of alkyl carbamates (subject to hydrolysis) is 1. The second kappa shape index (κ2) is 10.4. The van der Waals surface area contributed by atoms with Crippen molar-refractivity contribution in [3.63, 3.8) is 0 Å². The molecule has 1 aromatic carbocycles. The molecule has 0 saturated carbocycles. The van der Waals surface area contributed by atoms with Gasteiger partial charge in [0.15, 0.2) is 0 Å². The summed E-state index contributed by atoms with van der Waals surface area (Å²) < 4.78 is 31.7. The number of carbonyl (C=O) groups is 2. The minimum atomic E-state index is -3.14. The van der Waals surface area contributed by atoms with Crippen LogP contribution in [-0.2, 0) is 34.3 Å². The summed E-state index contributed by atoms with van der Waals surface area (Å²) in [5.41, 5.74) is 0.158. The van der Waals surface area contributed by atoms with E-state index in [2.05, 4.69) is 9.84 Å². The molecule has 0 heterocycles. The van der Waals surface area contributed by atoms with Gasteiger partial charge in [-0.05, 0) is 26.3 Å². The molecule has 0 radical (unpaired) electrons. The minimum absolute atomic E-state index is 0.0855. The summed E-state index contributed by atoms with van der Waals surface area (Å²) in [4.78, 5) is 24.4. The van der Waals surface area contributed by atoms with Crippen LogP contribution in [0.25, 0.3) is 0 Å². The maximum atomic E-state index is 12.4. The Bertz CT molecular complexity index is 657. The molecule has 0 saturated heterocycles. The average molecular weight is 401 g/mol. The number of carbonyl (C=O) groups excluding carboxylic acids is 2. The minimum Gasteiger partial charge on any atom is -0.462 e. The molecule has 1 amide bonds. The monoisotopic (exact) mass is 401 g/mol. The second-order valence-electron chi connectivity index (χ2n) is 6.84. The number of amides is 1. The maximum Gasteiger partial charge on any atom is 0.408 e. The molecule has 1 rings (SSSR count). The molecule has 0 fully saturated rings. The Morgan fingerprint density at radius 2 is 1.78 bits per heavy atom. The van der Waals surface area contributed by atoms with Gasteiger partial charge in [-0.25, -0.2) is 9.59 Å². The summed E-state index contributed by atoms with van der Waals surface area (Å²) in [5, 5.41) is 2.53. The summed E-state index contributed by atoms with van der Waals surface area (Å²) in [5.74, 6) is -0.642. The Morgan fingerprint density at radius 1 is 1.15 bits per heavy atom. The van der Waals surface area contributed by atoms with Gasteiger partial charge in [-0.15, -0.1) is 0 Å². The van der Waals surface area contributed by atoms with Crippen molar-refractivity contribution in [2.75, 3.05) is 27.0 Å². The van der Waals surface area contributed by atoms with Crippen molar-refractivity contribution in [3.05, 3.63) is 35.9 Å². The van der Waals surface area contributed by atoms with Gasteiger partial charge in [0.1, 0.15) is 18.2 Å². The average Bonchev–Trinajstić information content (AvgIpc) is 2.57. The van der Waals surface area contributed by atoms with Crippen molar-refractivity contribution >= 4 is 19.7 Å². The van der Waals surface area contributed by atoms with Crippen LogP contribution in [0.1, 0.15) is 26.3 Å². The first kappa shape index (κ1) is 23.1. The van der Waals surface area contributed by atoms with Gasteiger partial charge in [-0.2, -0.15) is 0 Å². The van der Waals surface area contributed by atoms with Crippen LogP contribution in [0.3, 0.4) is 0 Å². The third-order valence-corrected chi connectivity index (χ3v) is 4.56. The van der Waals surface area contributed by atoms with Crippen molar-refractivity contribution in [3.8, 4) is 0 Å². The molecule has 0 aromatic heterocycles. The molecule has 27 heavy (non-hydrogen) atoms. The SMILES string of the molecule is COP(C)(=O)OCCOC(=O)[C@H](Cc1ccccc1)NC(=O)OC(C)(C)C. The number of hydrogen-bond acceptors (Lipinski definition) is 7. The second-order valence-corrected chi connectivity index (χ2v) is 9.01. The number of nitrogens with one attached hydrogen (secondary N) is 1. The van der Waals surface area contributed by atoms with Gasteiger partial charge in [0, 0.05) is 20.2 Å². The normalized spacial score (nSPS) is 14.7. The summed E-state index contributed by atoms with van der Waals surface area (Å²) in [6.45, 7) is 6.30. The predicted molar refractivity (Wildman–Crippen MR) is 101 cm³/mol. The van der Waals surface area contributed by atoms with E-state index < -0.39 is 31.3 Å². The zero-order valence-electron chi connectivity index (χ0n) is 16.4. The van der Waals surface area contributed by atoms with Crippen molar-refractivity contribution in [2.24, 2.45) is 0 Å². The zero-order chi connectivity index (χ0) is 20.5. The Balaban J connectivity index is 2.67. The van der Waals surface area contributed by atoms with Gasteiger partial charge < -0.3 is 23.8 Å². The Kier molecular flexibility index (Phi) is 8.96. The number of esters is 1. The topological polar surface area (TPSA) is 100 Å². The molecule has 0 aliphatic carbocycles. The lowest BCUT2D eigenvalue weighted by atomic mass is 10.1. The Hall–Kier alpha value is -1.89. The van der Waals surface area contributed by atoms with E-state index in [1.807, 2.05) is 30.3 Å². The predicted octanol–water partition coefficient (Wildman–Crippen LogP) is 3.15. The van der Waals surface area contributed by atoms with E-state index in [0.717, 1.165) is 5.56 Å². The van der Waals surface area contributed by atoms with E-state index >= 15 is 0 Å². The van der Waals surface area contributed by atoms with Gasteiger partial charge in [-0.3, -0.25) is 4.57 Å². The highest BCUT2D eigenvalue weighted by atomic mass is 31.2. The first-order valence-corrected chi connectivity index (χ1v) is 10.5. The quantitative estimate of drug-likeness (QED) is 0.385. The van der Waals surface area contributed by atoms with Crippen molar-refractivity contribution in [1.82, 2.24) is 5.32 Å². The largest absolute Gasteiger partial charge is 0.462 e. The Morgan fingerprint density at radius 3 is 2.33 bits per heavy atom. The molecule has 0 spiro atoms. The van der Waals surface area contributed by atoms with Gasteiger partial charge in [-0.1, -0.05) is 30.3 Å². The van der Waals surface area contributed by atoms with Crippen molar-refractivity contribution < 1.29 is 32.7 Å². The van der Waals surface area contributed by atoms with Gasteiger partial charge in [0.2, 0.25) is 0 Å². The molecule has 0 aliphatic heterocycles. The van der Waals surface area contributed by atoms with Crippen LogP contribution < -0.4 is 5.32 Å². The maximum absolute atomic E-state index is 12.4. The molecular formula is C18H28NO7P. The molecule has 2 atom stereocenters. The van der Waals surface area contributed by atoms with Crippen molar-refractivity contribution in [2.45, 2.75) is 38.8 Å². The van der Waals surface area contributed by atoms with Crippen LogP contribution in [0.15, 0.2) is 30.3 Å². The standard InChI is InChI=1S/C18H28NO7P/c1-18(2,3)26-17(21)19-15(13-14-9-7-6-8-10-14)16(20)24-11-12-25-27(5,22)23-4/h6-10,15H,11-13H2,1-5H3,(H,19,21)/t15-,27?/m0/s1. The van der Waals surface area contributed by atoms with E-state index in [0.29, 0.717) is 0 Å². The van der Waals surface area contributed by atoms with E-state index in [4.69, 9.17) is 14.0 Å². The van der Waals surface area contributed by atoms with Crippen LogP contribution in [0, 0.1) is 0 Å². The fourth-order valence-corrected chi connectivity index (χ4v) is 2.50. The molecular weight excluding hydrogens is 373 g/mol. The molecule has 1 unspecified atom stereocenters. The van der Waals surface area contributed by atoms with Crippen molar-refractivity contribution in [1.29, 1.82) is 0 Å². The summed E-state index contributed by atoms with van der Waals surface area (Å²) in [6, 6.07) is 8.27. The number of rotatable bonds is 9. The molecule has 9 heteroatoms. The lowest BCUT2D eigenvalue weighted by Gasteiger charge is -2.23. The molecule has 0 aliphatic rings. The van der Waals surface area contributed by atoms with E-state index in [1.165, 1.54) is 13.8 Å². The van der Waals surface area contributed by atoms with Crippen LogP contribution in [0.4, 0.5) is 4.79 Å². The zero-order valence-corrected chi connectivity index (χ0v) is 17.3. The van der Waals surface area contributed by atoms with E-state index in [-0.39, 0.29) is 19.6 Å². The van der Waals surface area contributed by atoms with Gasteiger partial charge in [0.05, 0.1) is 6.61 Å². The lowest BCUT2D eigenvalue weighted by molar-refractivity contribution is -0.147. The van der Waals surface area contributed by atoms with E-state index in [9.17, 15) is 14.2 Å². The fraction of sp³-hybridized carbons (Fsp3) is 0.556. The highest BCUT2D eigenvalue weighted by molar-refractivity contribution is 7.52. The third kappa shape index (κ3) is 10.1. The van der Waals surface area contributed by atoms with E-state index in [1.54, 1.807) is 20.8 Å².